The molecule has 0 aliphatic rings. The molecule has 7 heteroatoms. The van der Waals surface area contributed by atoms with Gasteiger partial charge < -0.3 is 11.1 Å². The first kappa shape index (κ1) is 14.1. The van der Waals surface area contributed by atoms with Crippen LogP contribution in [0.15, 0.2) is 36.4 Å². The second-order valence-corrected chi connectivity index (χ2v) is 4.05. The topological polar surface area (TPSA) is 38.0 Å². The molecule has 2 aromatic rings. The second kappa shape index (κ2) is 4.99. The Labute approximate surface area is 111 Å². The van der Waals surface area contributed by atoms with Gasteiger partial charge in [-0.2, -0.15) is 13.2 Å². The molecule has 106 valence electrons. The Morgan fingerprint density at radius 3 is 2.35 bits per heavy atom. The van der Waals surface area contributed by atoms with E-state index in [2.05, 4.69) is 5.32 Å². The molecule has 0 spiro atoms. The number of halogens is 5. The van der Waals surface area contributed by atoms with Gasteiger partial charge >= 0.3 is 6.18 Å². The van der Waals surface area contributed by atoms with Gasteiger partial charge in [0.25, 0.3) is 0 Å². The molecule has 0 aliphatic carbocycles. The Kier molecular flexibility index (Phi) is 3.52. The monoisotopic (exact) mass is 288 g/mol. The summed E-state index contributed by atoms with van der Waals surface area (Å²) < 4.78 is 63.9. The van der Waals surface area contributed by atoms with E-state index in [-0.39, 0.29) is 17.1 Å². The summed E-state index contributed by atoms with van der Waals surface area (Å²) in [6.45, 7) is 0. The fourth-order valence-corrected chi connectivity index (χ4v) is 1.62. The van der Waals surface area contributed by atoms with Crippen molar-refractivity contribution < 1.29 is 22.0 Å². The molecule has 2 rings (SSSR count). The normalized spacial score (nSPS) is 11.4. The molecule has 0 saturated carbocycles. The van der Waals surface area contributed by atoms with E-state index in [1.807, 2.05) is 0 Å². The summed E-state index contributed by atoms with van der Waals surface area (Å²) in [5.74, 6) is -1.87. The van der Waals surface area contributed by atoms with Gasteiger partial charge in [-0.3, -0.25) is 0 Å². The summed E-state index contributed by atoms with van der Waals surface area (Å²) in [5.41, 5.74) is 4.04. The SMILES string of the molecule is Nc1c(F)cc(F)cc1Nc1cccc(C(F)(F)F)c1. The first-order chi connectivity index (χ1) is 9.27. The van der Waals surface area contributed by atoms with Crippen LogP contribution in [0.2, 0.25) is 0 Å². The fraction of sp³-hybridized carbons (Fsp3) is 0.0769. The van der Waals surface area contributed by atoms with Crippen LogP contribution in [0.1, 0.15) is 5.56 Å². The van der Waals surface area contributed by atoms with Crippen LogP contribution in [0.4, 0.5) is 39.0 Å². The summed E-state index contributed by atoms with van der Waals surface area (Å²) in [4.78, 5) is 0. The van der Waals surface area contributed by atoms with E-state index in [1.165, 1.54) is 12.1 Å². The third kappa shape index (κ3) is 2.98. The quantitative estimate of drug-likeness (QED) is 0.638. The van der Waals surface area contributed by atoms with Crippen molar-refractivity contribution in [3.05, 3.63) is 53.6 Å². The van der Waals surface area contributed by atoms with Crippen LogP contribution in [0.5, 0.6) is 0 Å². The number of benzene rings is 2. The van der Waals surface area contributed by atoms with Gasteiger partial charge in [-0.1, -0.05) is 6.07 Å². The Hall–Kier alpha value is -2.31. The molecular formula is C13H9F5N2. The zero-order valence-corrected chi connectivity index (χ0v) is 9.93. The zero-order valence-electron chi connectivity index (χ0n) is 9.93. The highest BCUT2D eigenvalue weighted by molar-refractivity contribution is 5.73. The van der Waals surface area contributed by atoms with Crippen LogP contribution in [-0.4, -0.2) is 0 Å². The lowest BCUT2D eigenvalue weighted by Crippen LogP contribution is -2.06. The van der Waals surface area contributed by atoms with Crippen molar-refractivity contribution in [2.45, 2.75) is 6.18 Å². The van der Waals surface area contributed by atoms with E-state index in [9.17, 15) is 22.0 Å². The molecule has 0 saturated heterocycles. The van der Waals surface area contributed by atoms with Gasteiger partial charge in [-0.05, 0) is 24.3 Å². The lowest BCUT2D eigenvalue weighted by atomic mass is 10.2. The Balaban J connectivity index is 2.36. The second-order valence-electron chi connectivity index (χ2n) is 4.05. The highest BCUT2D eigenvalue weighted by Crippen LogP contribution is 2.32. The van der Waals surface area contributed by atoms with Gasteiger partial charge in [0.05, 0.1) is 16.9 Å². The van der Waals surface area contributed by atoms with E-state index in [0.717, 1.165) is 18.2 Å². The van der Waals surface area contributed by atoms with Gasteiger partial charge in [0.1, 0.15) is 5.82 Å². The van der Waals surface area contributed by atoms with Gasteiger partial charge in [-0.25, -0.2) is 8.78 Å². The summed E-state index contributed by atoms with van der Waals surface area (Å²) in [7, 11) is 0. The van der Waals surface area contributed by atoms with Crippen LogP contribution in [0, 0.1) is 11.6 Å². The van der Waals surface area contributed by atoms with Crippen molar-refractivity contribution in [1.82, 2.24) is 0 Å². The first-order valence-corrected chi connectivity index (χ1v) is 5.46. The molecule has 0 unspecified atom stereocenters. The van der Waals surface area contributed by atoms with Gasteiger partial charge in [0, 0.05) is 11.8 Å². The average molecular weight is 288 g/mol. The van der Waals surface area contributed by atoms with E-state index < -0.39 is 23.4 Å². The van der Waals surface area contributed by atoms with Gasteiger partial charge in [-0.15, -0.1) is 0 Å². The number of anilines is 3. The number of nitrogens with one attached hydrogen (secondary N) is 1. The largest absolute Gasteiger partial charge is 0.416 e. The average Bonchev–Trinajstić information content (AvgIpc) is 2.35. The van der Waals surface area contributed by atoms with Crippen LogP contribution in [-0.2, 0) is 6.18 Å². The third-order valence-corrected chi connectivity index (χ3v) is 2.56. The fourth-order valence-electron chi connectivity index (χ4n) is 1.62. The summed E-state index contributed by atoms with van der Waals surface area (Å²) in [5, 5.41) is 2.46. The smallest absolute Gasteiger partial charge is 0.395 e. The maximum atomic E-state index is 13.2. The first-order valence-electron chi connectivity index (χ1n) is 5.46. The summed E-state index contributed by atoms with van der Waals surface area (Å²) >= 11 is 0. The van der Waals surface area contributed by atoms with Gasteiger partial charge in [0.2, 0.25) is 0 Å². The van der Waals surface area contributed by atoms with Crippen molar-refractivity contribution in [1.29, 1.82) is 0 Å². The number of nitrogens with two attached hydrogens (primary N) is 1. The zero-order chi connectivity index (χ0) is 14.9. The molecule has 0 radical (unpaired) electrons. The minimum atomic E-state index is -4.50. The van der Waals surface area contributed by atoms with E-state index in [4.69, 9.17) is 5.73 Å². The number of nitrogen functional groups attached to an aromatic ring is 1. The molecule has 2 aromatic carbocycles. The molecule has 0 aliphatic heterocycles. The molecular weight excluding hydrogens is 279 g/mol. The van der Waals surface area contributed by atoms with Crippen LogP contribution in [0.25, 0.3) is 0 Å². The highest BCUT2D eigenvalue weighted by atomic mass is 19.4. The van der Waals surface area contributed by atoms with Crippen molar-refractivity contribution in [3.63, 3.8) is 0 Å². The van der Waals surface area contributed by atoms with E-state index >= 15 is 0 Å². The molecule has 0 heterocycles. The molecule has 0 atom stereocenters. The maximum absolute atomic E-state index is 13.2. The number of hydrogen-bond donors (Lipinski definition) is 2. The standard InChI is InChI=1S/C13H9F5N2/c14-8-5-10(15)12(19)11(6-8)20-9-3-1-2-7(4-9)13(16,17)18/h1-6,20H,19H2. The van der Waals surface area contributed by atoms with Crippen molar-refractivity contribution in [2.24, 2.45) is 0 Å². The number of alkyl halides is 3. The van der Waals surface area contributed by atoms with Crippen molar-refractivity contribution >= 4 is 17.1 Å². The highest BCUT2D eigenvalue weighted by Gasteiger charge is 2.30. The Bertz CT molecular complexity index is 637. The molecule has 0 aromatic heterocycles. The molecule has 0 amide bonds. The lowest BCUT2D eigenvalue weighted by Gasteiger charge is -2.12. The molecule has 3 N–H and O–H groups in total. The predicted molar refractivity (Wildman–Crippen MR) is 65.5 cm³/mol. The minimum absolute atomic E-state index is 0.0246. The molecule has 2 nitrogen and oxygen atoms in total. The summed E-state index contributed by atoms with van der Waals surface area (Å²) in [6, 6.07) is 5.71. The van der Waals surface area contributed by atoms with Crippen LogP contribution >= 0.6 is 0 Å². The molecule has 20 heavy (non-hydrogen) atoms. The van der Waals surface area contributed by atoms with Crippen molar-refractivity contribution in [3.8, 4) is 0 Å². The summed E-state index contributed by atoms with van der Waals surface area (Å²) in [6.07, 6.45) is -4.50. The number of hydrogen-bond acceptors (Lipinski definition) is 2. The minimum Gasteiger partial charge on any atom is -0.395 e. The number of rotatable bonds is 2. The third-order valence-electron chi connectivity index (χ3n) is 2.56. The van der Waals surface area contributed by atoms with Crippen LogP contribution in [0.3, 0.4) is 0 Å². The Morgan fingerprint density at radius 2 is 1.70 bits per heavy atom. The van der Waals surface area contributed by atoms with Gasteiger partial charge in [0.15, 0.2) is 5.82 Å². The lowest BCUT2D eigenvalue weighted by molar-refractivity contribution is -0.137. The van der Waals surface area contributed by atoms with Crippen LogP contribution < -0.4 is 11.1 Å². The maximum Gasteiger partial charge on any atom is 0.416 e. The predicted octanol–water partition coefficient (Wildman–Crippen LogP) is 4.31. The molecule has 0 fully saturated rings. The van der Waals surface area contributed by atoms with E-state index in [1.54, 1.807) is 0 Å². The van der Waals surface area contributed by atoms with E-state index in [0.29, 0.717) is 6.07 Å². The molecule has 0 bridgehead atoms. The van der Waals surface area contributed by atoms with Crippen molar-refractivity contribution in [2.75, 3.05) is 11.1 Å². The Morgan fingerprint density at radius 1 is 1.00 bits per heavy atom.